The van der Waals surface area contributed by atoms with E-state index < -0.39 is 0 Å². The van der Waals surface area contributed by atoms with Gasteiger partial charge in [0.2, 0.25) is 5.91 Å². The third kappa shape index (κ3) is 3.41. The molecule has 128 valence electrons. The minimum Gasteiger partial charge on any atom is -0.324 e. The summed E-state index contributed by atoms with van der Waals surface area (Å²) in [7, 11) is 0. The Kier molecular flexibility index (Phi) is 4.33. The first kappa shape index (κ1) is 16.2. The lowest BCUT2D eigenvalue weighted by Gasteiger charge is -2.09. The standard InChI is InChI=1S/C19H14ClN5O/c20-15-6-12(5-14(8-15)19-22-11-23-25-19)7-18(26)24-17-10-21-9-13-3-1-2-4-16(13)17/h1-6,8-11H,7H2,(H,24,26)(H,22,23,25). The van der Waals surface area contributed by atoms with E-state index in [0.717, 1.165) is 21.9 Å². The number of pyridine rings is 1. The van der Waals surface area contributed by atoms with Crippen molar-refractivity contribution in [2.75, 3.05) is 5.32 Å². The molecule has 6 nitrogen and oxygen atoms in total. The number of hydrogen-bond donors (Lipinski definition) is 2. The molecule has 2 N–H and O–H groups in total. The molecule has 2 aromatic carbocycles. The maximum absolute atomic E-state index is 12.5. The number of benzene rings is 2. The molecule has 7 heteroatoms. The molecule has 1 amide bonds. The van der Waals surface area contributed by atoms with Crippen LogP contribution < -0.4 is 5.32 Å². The molecule has 0 saturated carbocycles. The predicted molar refractivity (Wildman–Crippen MR) is 101 cm³/mol. The summed E-state index contributed by atoms with van der Waals surface area (Å²) < 4.78 is 0. The Morgan fingerprint density at radius 1 is 1.15 bits per heavy atom. The third-order valence-electron chi connectivity index (χ3n) is 3.95. The second-order valence-electron chi connectivity index (χ2n) is 5.82. The zero-order chi connectivity index (χ0) is 17.9. The van der Waals surface area contributed by atoms with Crippen LogP contribution in [-0.2, 0) is 11.2 Å². The van der Waals surface area contributed by atoms with Gasteiger partial charge in [-0.1, -0.05) is 35.9 Å². The zero-order valence-corrected chi connectivity index (χ0v) is 14.4. The van der Waals surface area contributed by atoms with Crippen molar-refractivity contribution in [3.05, 3.63) is 71.8 Å². The van der Waals surface area contributed by atoms with Gasteiger partial charge in [-0.15, -0.1) is 0 Å². The van der Waals surface area contributed by atoms with E-state index in [-0.39, 0.29) is 12.3 Å². The minimum absolute atomic E-state index is 0.145. The molecule has 0 unspecified atom stereocenters. The molecule has 2 heterocycles. The van der Waals surface area contributed by atoms with Gasteiger partial charge in [0.05, 0.1) is 18.3 Å². The lowest BCUT2D eigenvalue weighted by Crippen LogP contribution is -2.15. The summed E-state index contributed by atoms with van der Waals surface area (Å²) in [6, 6.07) is 13.2. The molecule has 0 aliphatic heterocycles. The van der Waals surface area contributed by atoms with Crippen LogP contribution >= 0.6 is 11.6 Å². The number of carbonyl (C=O) groups excluding carboxylic acids is 1. The molecule has 0 aliphatic carbocycles. The van der Waals surface area contributed by atoms with Crippen molar-refractivity contribution in [3.63, 3.8) is 0 Å². The predicted octanol–water partition coefficient (Wildman–Crippen LogP) is 3.85. The van der Waals surface area contributed by atoms with Crippen molar-refractivity contribution in [1.29, 1.82) is 0 Å². The Labute approximate surface area is 154 Å². The SMILES string of the molecule is O=C(Cc1cc(Cl)cc(-c2ncn[nH]2)c1)Nc1cncc2ccccc12. The Hall–Kier alpha value is -3.25. The molecule has 0 bridgehead atoms. The first-order valence-corrected chi connectivity index (χ1v) is 8.34. The maximum atomic E-state index is 12.5. The van der Waals surface area contributed by atoms with Gasteiger partial charge in [0.15, 0.2) is 5.82 Å². The van der Waals surface area contributed by atoms with Crippen molar-refractivity contribution in [3.8, 4) is 11.4 Å². The fourth-order valence-corrected chi connectivity index (χ4v) is 3.09. The minimum atomic E-state index is -0.145. The Morgan fingerprint density at radius 2 is 2.04 bits per heavy atom. The number of H-pyrrole nitrogens is 1. The van der Waals surface area contributed by atoms with Crippen molar-refractivity contribution >= 4 is 34.0 Å². The molecular weight excluding hydrogens is 350 g/mol. The van der Waals surface area contributed by atoms with E-state index in [9.17, 15) is 4.79 Å². The highest BCUT2D eigenvalue weighted by Crippen LogP contribution is 2.24. The normalized spacial score (nSPS) is 10.8. The number of nitrogens with one attached hydrogen (secondary N) is 2. The number of aromatic amines is 1. The summed E-state index contributed by atoms with van der Waals surface area (Å²) in [6.45, 7) is 0. The Morgan fingerprint density at radius 3 is 2.88 bits per heavy atom. The lowest BCUT2D eigenvalue weighted by molar-refractivity contribution is -0.115. The van der Waals surface area contributed by atoms with E-state index in [1.54, 1.807) is 24.5 Å². The van der Waals surface area contributed by atoms with Crippen LogP contribution in [0.5, 0.6) is 0 Å². The summed E-state index contributed by atoms with van der Waals surface area (Å²) >= 11 is 6.18. The fourth-order valence-electron chi connectivity index (χ4n) is 2.83. The number of carbonyl (C=O) groups is 1. The molecule has 4 rings (SSSR count). The molecule has 4 aromatic rings. The quantitative estimate of drug-likeness (QED) is 0.576. The van der Waals surface area contributed by atoms with Crippen molar-refractivity contribution < 1.29 is 4.79 Å². The number of nitrogens with zero attached hydrogens (tertiary/aromatic N) is 3. The Bertz CT molecular complexity index is 1070. The van der Waals surface area contributed by atoms with Crippen LogP contribution in [0.15, 0.2) is 61.2 Å². The van der Waals surface area contributed by atoms with Gasteiger partial charge in [-0.05, 0) is 23.8 Å². The summed E-state index contributed by atoms with van der Waals surface area (Å²) in [6.07, 6.45) is 5.03. The number of halogens is 1. The van der Waals surface area contributed by atoms with E-state index >= 15 is 0 Å². The van der Waals surface area contributed by atoms with Gasteiger partial charge in [-0.3, -0.25) is 14.9 Å². The largest absolute Gasteiger partial charge is 0.324 e. The lowest BCUT2D eigenvalue weighted by atomic mass is 10.1. The summed E-state index contributed by atoms with van der Waals surface area (Å²) in [5.41, 5.74) is 2.25. The van der Waals surface area contributed by atoms with Crippen LogP contribution in [0.1, 0.15) is 5.56 Å². The van der Waals surface area contributed by atoms with E-state index in [1.807, 2.05) is 30.3 Å². The smallest absolute Gasteiger partial charge is 0.228 e. The molecule has 0 saturated heterocycles. The maximum Gasteiger partial charge on any atom is 0.228 e. The summed E-state index contributed by atoms with van der Waals surface area (Å²) in [4.78, 5) is 20.8. The molecule has 0 fully saturated rings. The van der Waals surface area contributed by atoms with Crippen LogP contribution in [-0.4, -0.2) is 26.1 Å². The van der Waals surface area contributed by atoms with Gasteiger partial charge >= 0.3 is 0 Å². The highest BCUT2D eigenvalue weighted by molar-refractivity contribution is 6.31. The second-order valence-corrected chi connectivity index (χ2v) is 6.25. The van der Waals surface area contributed by atoms with Gasteiger partial charge in [0.1, 0.15) is 6.33 Å². The van der Waals surface area contributed by atoms with Crippen LogP contribution in [0, 0.1) is 0 Å². The van der Waals surface area contributed by atoms with Crippen molar-refractivity contribution in [1.82, 2.24) is 20.2 Å². The van der Waals surface area contributed by atoms with Gasteiger partial charge in [0.25, 0.3) is 0 Å². The topological polar surface area (TPSA) is 83.6 Å². The zero-order valence-electron chi connectivity index (χ0n) is 13.6. The average Bonchev–Trinajstić information content (AvgIpc) is 3.16. The van der Waals surface area contributed by atoms with Crippen LogP contribution in [0.3, 0.4) is 0 Å². The molecule has 0 radical (unpaired) electrons. The molecular formula is C19H14ClN5O. The van der Waals surface area contributed by atoms with Gasteiger partial charge < -0.3 is 5.32 Å². The molecule has 2 aromatic heterocycles. The monoisotopic (exact) mass is 363 g/mol. The number of anilines is 1. The van der Waals surface area contributed by atoms with E-state index in [1.165, 1.54) is 6.33 Å². The number of aromatic nitrogens is 4. The van der Waals surface area contributed by atoms with E-state index in [2.05, 4.69) is 25.5 Å². The number of amides is 1. The molecule has 0 atom stereocenters. The highest BCUT2D eigenvalue weighted by atomic mass is 35.5. The third-order valence-corrected chi connectivity index (χ3v) is 4.17. The molecule has 0 spiro atoms. The molecule has 26 heavy (non-hydrogen) atoms. The van der Waals surface area contributed by atoms with Crippen LogP contribution in [0.2, 0.25) is 5.02 Å². The fraction of sp³-hybridized carbons (Fsp3) is 0.0526. The number of rotatable bonds is 4. The first-order valence-electron chi connectivity index (χ1n) is 7.97. The van der Waals surface area contributed by atoms with Gasteiger partial charge in [-0.2, -0.15) is 5.10 Å². The van der Waals surface area contributed by atoms with Gasteiger partial charge in [-0.25, -0.2) is 4.98 Å². The van der Waals surface area contributed by atoms with Crippen LogP contribution in [0.4, 0.5) is 5.69 Å². The second kappa shape index (κ2) is 6.93. The van der Waals surface area contributed by atoms with Crippen molar-refractivity contribution in [2.24, 2.45) is 0 Å². The highest BCUT2D eigenvalue weighted by Gasteiger charge is 2.10. The van der Waals surface area contributed by atoms with Crippen LogP contribution in [0.25, 0.3) is 22.2 Å². The summed E-state index contributed by atoms with van der Waals surface area (Å²) in [5.74, 6) is 0.460. The van der Waals surface area contributed by atoms with Gasteiger partial charge in [0, 0.05) is 27.6 Å². The first-order chi connectivity index (χ1) is 12.7. The van der Waals surface area contributed by atoms with Crippen molar-refractivity contribution in [2.45, 2.75) is 6.42 Å². The van der Waals surface area contributed by atoms with E-state index in [0.29, 0.717) is 16.5 Å². The number of fused-ring (bicyclic) bond motifs is 1. The average molecular weight is 364 g/mol. The Balaban J connectivity index is 1.57. The summed E-state index contributed by atoms with van der Waals surface area (Å²) in [5, 5.41) is 12.0. The number of hydrogen-bond acceptors (Lipinski definition) is 4. The van der Waals surface area contributed by atoms with E-state index in [4.69, 9.17) is 11.6 Å². The molecule has 0 aliphatic rings.